The third-order valence-corrected chi connectivity index (χ3v) is 2.40. The zero-order chi connectivity index (χ0) is 12.8. The van der Waals surface area contributed by atoms with Crippen molar-refractivity contribution in [2.24, 2.45) is 5.73 Å². The molecule has 0 aliphatic rings. The van der Waals surface area contributed by atoms with Crippen molar-refractivity contribution >= 4 is 46.2 Å². The highest BCUT2D eigenvalue weighted by atomic mass is 35.5. The quantitative estimate of drug-likeness (QED) is 0.737. The van der Waals surface area contributed by atoms with E-state index in [1.807, 2.05) is 6.92 Å². The number of carbonyl (C=O) groups excluding carboxylic acids is 1. The molecule has 17 heavy (non-hydrogen) atoms. The number of rotatable bonds is 4. The van der Waals surface area contributed by atoms with Gasteiger partial charge in [0.25, 0.3) is 0 Å². The highest BCUT2D eigenvalue weighted by Crippen LogP contribution is 2.25. The van der Waals surface area contributed by atoms with Gasteiger partial charge in [-0.1, -0.05) is 18.5 Å². The molecule has 1 amide bonds. The summed E-state index contributed by atoms with van der Waals surface area (Å²) in [7, 11) is 0. The van der Waals surface area contributed by atoms with E-state index in [9.17, 15) is 4.79 Å². The number of benzene rings is 1. The van der Waals surface area contributed by atoms with Crippen molar-refractivity contribution in [1.82, 2.24) is 0 Å². The first-order valence-corrected chi connectivity index (χ1v) is 5.97. The highest BCUT2D eigenvalue weighted by molar-refractivity contribution is 7.80. The molecule has 0 aliphatic heterocycles. The molecule has 0 aliphatic carbocycles. The Morgan fingerprint density at radius 1 is 1.47 bits per heavy atom. The van der Waals surface area contributed by atoms with Gasteiger partial charge in [0.1, 0.15) is 0 Å². The number of hydrogen-bond donors (Lipinski definition) is 3. The van der Waals surface area contributed by atoms with Crippen molar-refractivity contribution in [3.63, 3.8) is 0 Å². The van der Waals surface area contributed by atoms with E-state index in [1.165, 1.54) is 0 Å². The number of carbonyl (C=O) groups is 1. The second-order valence-corrected chi connectivity index (χ2v) is 4.33. The normalized spacial score (nSPS) is 9.76. The fourth-order valence-electron chi connectivity index (χ4n) is 1.28. The van der Waals surface area contributed by atoms with E-state index in [4.69, 9.17) is 29.6 Å². The largest absolute Gasteiger partial charge is 0.376 e. The summed E-state index contributed by atoms with van der Waals surface area (Å²) in [4.78, 5) is 11.4. The van der Waals surface area contributed by atoms with Gasteiger partial charge in [0, 0.05) is 12.1 Å². The molecule has 0 radical (unpaired) electrons. The van der Waals surface area contributed by atoms with Crippen LogP contribution in [0.3, 0.4) is 0 Å². The summed E-state index contributed by atoms with van der Waals surface area (Å²) >= 11 is 10.7. The van der Waals surface area contributed by atoms with Gasteiger partial charge in [0.2, 0.25) is 5.91 Å². The topological polar surface area (TPSA) is 67.2 Å². The van der Waals surface area contributed by atoms with Crippen LogP contribution in [-0.4, -0.2) is 11.0 Å². The van der Waals surface area contributed by atoms with Crippen molar-refractivity contribution in [2.45, 2.75) is 19.8 Å². The minimum absolute atomic E-state index is 0.0514. The Kier molecular flexibility index (Phi) is 5.18. The van der Waals surface area contributed by atoms with Crippen molar-refractivity contribution in [2.75, 3.05) is 10.6 Å². The molecular formula is C11H14ClN3OS. The molecule has 92 valence electrons. The molecule has 0 fully saturated rings. The standard InChI is InChI=1S/C11H14ClN3OS/c1-2-3-10(16)15-9-5-4-7(6-8(9)12)14-11(13)17/h4-6H,2-3H2,1H3,(H,15,16)(H3,13,14,17). The number of hydrogen-bond acceptors (Lipinski definition) is 2. The van der Waals surface area contributed by atoms with Crippen LogP contribution in [0.5, 0.6) is 0 Å². The zero-order valence-corrected chi connectivity index (χ0v) is 11.0. The Labute approximate surface area is 111 Å². The molecule has 4 N–H and O–H groups in total. The van der Waals surface area contributed by atoms with Crippen LogP contribution in [0.2, 0.25) is 5.02 Å². The maximum Gasteiger partial charge on any atom is 0.224 e. The van der Waals surface area contributed by atoms with Gasteiger partial charge in [-0.05, 0) is 36.8 Å². The fourth-order valence-corrected chi connectivity index (χ4v) is 1.62. The Balaban J connectivity index is 2.75. The van der Waals surface area contributed by atoms with Gasteiger partial charge >= 0.3 is 0 Å². The molecule has 0 aromatic heterocycles. The minimum atomic E-state index is -0.0514. The number of halogens is 1. The summed E-state index contributed by atoms with van der Waals surface area (Å²) in [5.74, 6) is -0.0514. The van der Waals surface area contributed by atoms with Gasteiger partial charge in [-0.2, -0.15) is 0 Å². The third kappa shape index (κ3) is 4.58. The summed E-state index contributed by atoms with van der Waals surface area (Å²) in [5.41, 5.74) is 6.61. The smallest absolute Gasteiger partial charge is 0.224 e. The lowest BCUT2D eigenvalue weighted by Crippen LogP contribution is -2.19. The van der Waals surface area contributed by atoms with Crippen LogP contribution in [0.4, 0.5) is 11.4 Å². The van der Waals surface area contributed by atoms with Gasteiger partial charge in [0.05, 0.1) is 10.7 Å². The number of nitrogens with one attached hydrogen (secondary N) is 2. The van der Waals surface area contributed by atoms with E-state index in [-0.39, 0.29) is 11.0 Å². The van der Waals surface area contributed by atoms with E-state index in [2.05, 4.69) is 10.6 Å². The molecular weight excluding hydrogens is 258 g/mol. The molecule has 6 heteroatoms. The SMILES string of the molecule is CCCC(=O)Nc1ccc(NC(N)=S)cc1Cl. The Morgan fingerprint density at radius 3 is 2.71 bits per heavy atom. The molecule has 1 rings (SSSR count). The Hall–Kier alpha value is -1.33. The maximum atomic E-state index is 11.4. The molecule has 0 spiro atoms. The van der Waals surface area contributed by atoms with Crippen LogP contribution < -0.4 is 16.4 Å². The summed E-state index contributed by atoms with van der Waals surface area (Å²) < 4.78 is 0. The number of thiocarbonyl (C=S) groups is 1. The summed E-state index contributed by atoms with van der Waals surface area (Å²) in [6.07, 6.45) is 1.27. The minimum Gasteiger partial charge on any atom is -0.376 e. The highest BCUT2D eigenvalue weighted by Gasteiger charge is 2.05. The van der Waals surface area contributed by atoms with Crippen molar-refractivity contribution < 1.29 is 4.79 Å². The predicted octanol–water partition coefficient (Wildman–Crippen LogP) is 2.73. The second-order valence-electron chi connectivity index (χ2n) is 3.48. The Bertz CT molecular complexity index is 437. The first-order valence-electron chi connectivity index (χ1n) is 5.18. The molecule has 0 heterocycles. The molecule has 1 aromatic carbocycles. The fraction of sp³-hybridized carbons (Fsp3) is 0.273. The summed E-state index contributed by atoms with van der Waals surface area (Å²) in [6.45, 7) is 1.94. The first-order chi connectivity index (χ1) is 8.02. The average Bonchev–Trinajstić information content (AvgIpc) is 2.21. The van der Waals surface area contributed by atoms with Crippen LogP contribution in [0, 0.1) is 0 Å². The van der Waals surface area contributed by atoms with Crippen LogP contribution in [0.25, 0.3) is 0 Å². The van der Waals surface area contributed by atoms with Crippen LogP contribution in [0.15, 0.2) is 18.2 Å². The van der Waals surface area contributed by atoms with Gasteiger partial charge in [-0.15, -0.1) is 0 Å². The molecule has 0 unspecified atom stereocenters. The maximum absolute atomic E-state index is 11.4. The van der Waals surface area contributed by atoms with Crippen LogP contribution in [0.1, 0.15) is 19.8 Å². The molecule has 0 atom stereocenters. The first kappa shape index (κ1) is 13.7. The van der Waals surface area contributed by atoms with Crippen molar-refractivity contribution in [3.05, 3.63) is 23.2 Å². The van der Waals surface area contributed by atoms with E-state index in [1.54, 1.807) is 18.2 Å². The molecule has 0 saturated carbocycles. The van der Waals surface area contributed by atoms with Gasteiger partial charge in [-0.3, -0.25) is 4.79 Å². The summed E-state index contributed by atoms with van der Waals surface area (Å²) in [5, 5.41) is 6.10. The average molecular weight is 272 g/mol. The third-order valence-electron chi connectivity index (χ3n) is 1.99. The van der Waals surface area contributed by atoms with E-state index >= 15 is 0 Å². The monoisotopic (exact) mass is 271 g/mol. The summed E-state index contributed by atoms with van der Waals surface area (Å²) in [6, 6.07) is 5.10. The molecule has 0 saturated heterocycles. The van der Waals surface area contributed by atoms with Crippen LogP contribution in [-0.2, 0) is 4.79 Å². The number of anilines is 2. The van der Waals surface area contributed by atoms with E-state index < -0.39 is 0 Å². The van der Waals surface area contributed by atoms with Crippen molar-refractivity contribution in [3.8, 4) is 0 Å². The molecule has 4 nitrogen and oxygen atoms in total. The van der Waals surface area contributed by atoms with Gasteiger partial charge in [-0.25, -0.2) is 0 Å². The van der Waals surface area contributed by atoms with Gasteiger partial charge in [0.15, 0.2) is 5.11 Å². The van der Waals surface area contributed by atoms with E-state index in [0.29, 0.717) is 22.8 Å². The predicted molar refractivity (Wildman–Crippen MR) is 75.4 cm³/mol. The second kappa shape index (κ2) is 6.42. The lowest BCUT2D eigenvalue weighted by atomic mass is 10.2. The molecule has 1 aromatic rings. The lowest BCUT2D eigenvalue weighted by Gasteiger charge is -2.09. The van der Waals surface area contributed by atoms with Gasteiger partial charge < -0.3 is 16.4 Å². The van der Waals surface area contributed by atoms with Crippen molar-refractivity contribution in [1.29, 1.82) is 0 Å². The van der Waals surface area contributed by atoms with E-state index in [0.717, 1.165) is 6.42 Å². The lowest BCUT2D eigenvalue weighted by molar-refractivity contribution is -0.116. The zero-order valence-electron chi connectivity index (χ0n) is 9.42. The Morgan fingerprint density at radius 2 is 2.18 bits per heavy atom. The molecule has 0 bridgehead atoms. The number of amides is 1. The van der Waals surface area contributed by atoms with Crippen LogP contribution >= 0.6 is 23.8 Å². The number of nitrogens with two attached hydrogens (primary N) is 1.